The topological polar surface area (TPSA) is 35.6 Å². The van der Waals surface area contributed by atoms with Crippen molar-refractivity contribution in [3.05, 3.63) is 47.4 Å². The van der Waals surface area contributed by atoms with Crippen molar-refractivity contribution in [2.24, 2.45) is 7.05 Å². The molecule has 0 N–H and O–H groups in total. The van der Waals surface area contributed by atoms with E-state index in [9.17, 15) is 0 Å². The summed E-state index contributed by atoms with van der Waals surface area (Å²) in [6.45, 7) is 11.2. The van der Waals surface area contributed by atoms with E-state index < -0.39 is 0 Å². The molecule has 3 aromatic rings. The summed E-state index contributed by atoms with van der Waals surface area (Å²) in [5, 5.41) is 10.3. The first-order valence-electron chi connectivity index (χ1n) is 9.33. The zero-order chi connectivity index (χ0) is 18.1. The van der Waals surface area contributed by atoms with Gasteiger partial charge in [-0.25, -0.2) is 0 Å². The lowest BCUT2D eigenvalue weighted by Crippen LogP contribution is -2.07. The summed E-state index contributed by atoms with van der Waals surface area (Å²) in [7, 11) is 1.99. The standard InChI is InChI=1S/C21H30N4/c1-14(2)18-11-22-25(12-18)16(4)8-7-15(3)19-9-10-21-20(17(19)5)13-24(6)23-21/h9-16H,7-8H2,1-6H3. The molecule has 4 heteroatoms. The number of aromatic nitrogens is 4. The van der Waals surface area contributed by atoms with E-state index >= 15 is 0 Å². The molecule has 0 saturated heterocycles. The van der Waals surface area contributed by atoms with E-state index in [0.717, 1.165) is 18.4 Å². The van der Waals surface area contributed by atoms with Crippen LogP contribution in [0.25, 0.3) is 10.9 Å². The fourth-order valence-electron chi connectivity index (χ4n) is 3.57. The number of hydrogen-bond donors (Lipinski definition) is 0. The summed E-state index contributed by atoms with van der Waals surface area (Å²) in [6.07, 6.45) is 8.62. The second-order valence-corrected chi connectivity index (χ2v) is 7.75. The summed E-state index contributed by atoms with van der Waals surface area (Å²) in [6, 6.07) is 4.84. The van der Waals surface area contributed by atoms with Crippen molar-refractivity contribution in [3.63, 3.8) is 0 Å². The Hall–Kier alpha value is -2.10. The molecule has 3 rings (SSSR count). The second-order valence-electron chi connectivity index (χ2n) is 7.75. The Morgan fingerprint density at radius 3 is 2.48 bits per heavy atom. The minimum Gasteiger partial charge on any atom is -0.275 e. The molecule has 0 spiro atoms. The Bertz CT molecular complexity index is 856. The van der Waals surface area contributed by atoms with Crippen LogP contribution in [0.15, 0.2) is 30.7 Å². The number of rotatable bonds is 6. The van der Waals surface area contributed by atoms with Crippen LogP contribution < -0.4 is 0 Å². The predicted molar refractivity (Wildman–Crippen MR) is 104 cm³/mol. The Kier molecular flexibility index (Phi) is 4.98. The maximum atomic E-state index is 4.55. The van der Waals surface area contributed by atoms with Crippen LogP contribution in [-0.4, -0.2) is 19.6 Å². The van der Waals surface area contributed by atoms with Gasteiger partial charge in [0.25, 0.3) is 0 Å². The maximum Gasteiger partial charge on any atom is 0.0926 e. The molecule has 2 unspecified atom stereocenters. The van der Waals surface area contributed by atoms with Crippen LogP contribution >= 0.6 is 0 Å². The van der Waals surface area contributed by atoms with Crippen LogP contribution in [0.3, 0.4) is 0 Å². The van der Waals surface area contributed by atoms with Crippen molar-refractivity contribution >= 4 is 10.9 Å². The third-order valence-electron chi connectivity index (χ3n) is 5.40. The highest BCUT2D eigenvalue weighted by Crippen LogP contribution is 2.30. The highest BCUT2D eigenvalue weighted by Gasteiger charge is 2.15. The smallest absolute Gasteiger partial charge is 0.0926 e. The Morgan fingerprint density at radius 1 is 1.04 bits per heavy atom. The molecule has 0 saturated carbocycles. The van der Waals surface area contributed by atoms with Gasteiger partial charge in [0.2, 0.25) is 0 Å². The Balaban J connectivity index is 1.69. The van der Waals surface area contributed by atoms with Gasteiger partial charge in [0.15, 0.2) is 0 Å². The van der Waals surface area contributed by atoms with Gasteiger partial charge < -0.3 is 0 Å². The highest BCUT2D eigenvalue weighted by atomic mass is 15.3. The molecule has 0 fully saturated rings. The summed E-state index contributed by atoms with van der Waals surface area (Å²) >= 11 is 0. The highest BCUT2D eigenvalue weighted by molar-refractivity contribution is 5.83. The van der Waals surface area contributed by atoms with E-state index in [1.807, 2.05) is 17.9 Å². The average molecular weight is 338 g/mol. The zero-order valence-corrected chi connectivity index (χ0v) is 16.3. The summed E-state index contributed by atoms with van der Waals surface area (Å²) in [5.41, 5.74) is 5.21. The van der Waals surface area contributed by atoms with Crippen molar-refractivity contribution < 1.29 is 0 Å². The van der Waals surface area contributed by atoms with Crippen LogP contribution in [-0.2, 0) is 7.05 Å². The summed E-state index contributed by atoms with van der Waals surface area (Å²) in [4.78, 5) is 0. The van der Waals surface area contributed by atoms with Gasteiger partial charge in [-0.1, -0.05) is 26.8 Å². The molecule has 0 radical (unpaired) electrons. The third kappa shape index (κ3) is 3.63. The molecule has 4 nitrogen and oxygen atoms in total. The molecule has 25 heavy (non-hydrogen) atoms. The van der Waals surface area contributed by atoms with E-state index in [-0.39, 0.29) is 0 Å². The van der Waals surface area contributed by atoms with Crippen LogP contribution in [0, 0.1) is 6.92 Å². The van der Waals surface area contributed by atoms with Gasteiger partial charge in [0.05, 0.1) is 11.7 Å². The van der Waals surface area contributed by atoms with Crippen molar-refractivity contribution in [2.45, 2.75) is 65.3 Å². The number of fused-ring (bicyclic) bond motifs is 1. The van der Waals surface area contributed by atoms with Gasteiger partial charge in [-0.05, 0) is 61.3 Å². The lowest BCUT2D eigenvalue weighted by molar-refractivity contribution is 0.430. The monoisotopic (exact) mass is 338 g/mol. The van der Waals surface area contributed by atoms with Gasteiger partial charge in [0, 0.05) is 30.9 Å². The van der Waals surface area contributed by atoms with E-state index in [1.54, 1.807) is 0 Å². The summed E-state index contributed by atoms with van der Waals surface area (Å²) in [5.74, 6) is 1.07. The third-order valence-corrected chi connectivity index (χ3v) is 5.40. The zero-order valence-electron chi connectivity index (χ0n) is 16.3. The van der Waals surface area contributed by atoms with E-state index in [2.05, 4.69) is 74.0 Å². The number of hydrogen-bond acceptors (Lipinski definition) is 2. The average Bonchev–Trinajstić information content (AvgIpc) is 3.19. The molecule has 0 bridgehead atoms. The van der Waals surface area contributed by atoms with E-state index in [1.165, 1.54) is 22.1 Å². The lowest BCUT2D eigenvalue weighted by atomic mass is 9.90. The minimum atomic E-state index is 0.428. The maximum absolute atomic E-state index is 4.55. The molecule has 0 aliphatic rings. The van der Waals surface area contributed by atoms with E-state index in [0.29, 0.717) is 17.9 Å². The number of aryl methyl sites for hydroxylation is 2. The quantitative estimate of drug-likeness (QED) is 0.607. The van der Waals surface area contributed by atoms with Crippen LogP contribution in [0.5, 0.6) is 0 Å². The van der Waals surface area contributed by atoms with Gasteiger partial charge in [-0.2, -0.15) is 10.2 Å². The van der Waals surface area contributed by atoms with Crippen molar-refractivity contribution in [3.8, 4) is 0 Å². The van der Waals surface area contributed by atoms with Crippen LogP contribution in [0.1, 0.15) is 75.1 Å². The molecule has 134 valence electrons. The van der Waals surface area contributed by atoms with Gasteiger partial charge in [0.1, 0.15) is 0 Å². The molecule has 0 aliphatic carbocycles. The van der Waals surface area contributed by atoms with Gasteiger partial charge in [-0.3, -0.25) is 9.36 Å². The van der Waals surface area contributed by atoms with Gasteiger partial charge >= 0.3 is 0 Å². The largest absolute Gasteiger partial charge is 0.275 e. The first kappa shape index (κ1) is 17.7. The van der Waals surface area contributed by atoms with E-state index in [4.69, 9.17) is 0 Å². The fraction of sp³-hybridized carbons (Fsp3) is 0.524. The number of nitrogens with zero attached hydrogens (tertiary/aromatic N) is 4. The summed E-state index contributed by atoms with van der Waals surface area (Å²) < 4.78 is 4.03. The lowest BCUT2D eigenvalue weighted by Gasteiger charge is -2.18. The second kappa shape index (κ2) is 7.03. The Labute approximate surface area is 150 Å². The molecular formula is C21H30N4. The first-order chi connectivity index (χ1) is 11.9. The molecule has 0 aliphatic heterocycles. The van der Waals surface area contributed by atoms with Crippen molar-refractivity contribution in [1.82, 2.24) is 19.6 Å². The Morgan fingerprint density at radius 2 is 1.80 bits per heavy atom. The molecule has 2 atom stereocenters. The first-order valence-corrected chi connectivity index (χ1v) is 9.33. The SMILES string of the molecule is Cc1c(C(C)CCC(C)n2cc(C(C)C)cn2)ccc2nn(C)cc12. The predicted octanol–water partition coefficient (Wildman–Crippen LogP) is 5.35. The fourth-order valence-corrected chi connectivity index (χ4v) is 3.57. The molecule has 2 heterocycles. The molecule has 0 amide bonds. The van der Waals surface area contributed by atoms with Crippen LogP contribution in [0.2, 0.25) is 0 Å². The van der Waals surface area contributed by atoms with Crippen LogP contribution in [0.4, 0.5) is 0 Å². The van der Waals surface area contributed by atoms with Crippen molar-refractivity contribution in [2.75, 3.05) is 0 Å². The molecule has 2 aromatic heterocycles. The minimum absolute atomic E-state index is 0.428. The molecule has 1 aromatic carbocycles. The van der Waals surface area contributed by atoms with Gasteiger partial charge in [-0.15, -0.1) is 0 Å². The number of benzene rings is 1. The molecular weight excluding hydrogens is 308 g/mol. The van der Waals surface area contributed by atoms with Crippen molar-refractivity contribution in [1.29, 1.82) is 0 Å². The normalized spacial score (nSPS) is 14.4.